The third-order valence-electron chi connectivity index (χ3n) is 2.63. The molecule has 0 fully saturated rings. The minimum absolute atomic E-state index is 0.772. The molecule has 2 nitrogen and oxygen atoms in total. The van der Waals surface area contributed by atoms with E-state index in [1.54, 1.807) is 20.7 Å². The van der Waals surface area contributed by atoms with Gasteiger partial charge in [0.05, 0.1) is 0 Å². The van der Waals surface area contributed by atoms with E-state index in [-0.39, 0.29) is 0 Å². The van der Waals surface area contributed by atoms with Crippen molar-refractivity contribution in [2.45, 2.75) is 6.92 Å². The van der Waals surface area contributed by atoms with E-state index in [4.69, 9.17) is 0 Å². The van der Waals surface area contributed by atoms with E-state index in [2.05, 4.69) is 40.3 Å². The molecule has 0 N–H and O–H groups in total. The highest BCUT2D eigenvalue weighted by atomic mass is 32.9. The Balaban J connectivity index is 1.98. The van der Waals surface area contributed by atoms with E-state index >= 15 is 0 Å². The minimum atomic E-state index is 0.772. The minimum Gasteiger partial charge on any atom is -0.234 e. The Bertz CT molecular complexity index is 742. The smallest absolute Gasteiger partial charge is 0.153 e. The quantitative estimate of drug-likeness (QED) is 0.640. The van der Waals surface area contributed by atoms with Gasteiger partial charge in [0.1, 0.15) is 4.67 Å². The molecule has 0 saturated carbocycles. The van der Waals surface area contributed by atoms with Crippen LogP contribution in [-0.4, -0.2) is 4.98 Å². The summed E-state index contributed by atoms with van der Waals surface area (Å²) in [5, 5.41) is 0. The van der Waals surface area contributed by atoms with E-state index in [1.807, 2.05) is 31.2 Å². The van der Waals surface area contributed by atoms with Crippen molar-refractivity contribution in [3.63, 3.8) is 0 Å². The molecule has 0 spiro atoms. The molecular formula is C15H12N2S2. The molecule has 4 heteroatoms. The summed E-state index contributed by atoms with van der Waals surface area (Å²) < 4.78 is 1.00. The molecule has 1 aromatic carbocycles. The average molecular weight is 284 g/mol. The number of benzene rings is 1. The predicted octanol–water partition coefficient (Wildman–Crippen LogP) is 4.41. The lowest BCUT2D eigenvalue weighted by Crippen LogP contribution is -1.90. The first-order valence-corrected chi connectivity index (χ1v) is 8.10. The van der Waals surface area contributed by atoms with Crippen LogP contribution in [0.2, 0.25) is 0 Å². The van der Waals surface area contributed by atoms with Gasteiger partial charge in [-0.05, 0) is 30.7 Å². The van der Waals surface area contributed by atoms with Crippen LogP contribution in [0.4, 0.5) is 5.82 Å². The SMILES string of the molecule is Cc1cccc(N=c2cc(-c3ccccc3)ss2)n1. The lowest BCUT2D eigenvalue weighted by Gasteiger charge is -1.93. The van der Waals surface area contributed by atoms with Crippen LogP contribution in [0.5, 0.6) is 0 Å². The molecule has 2 heterocycles. The molecule has 0 aliphatic rings. The van der Waals surface area contributed by atoms with Crippen molar-refractivity contribution in [2.75, 3.05) is 0 Å². The van der Waals surface area contributed by atoms with E-state index in [9.17, 15) is 0 Å². The van der Waals surface area contributed by atoms with Gasteiger partial charge in [0.25, 0.3) is 0 Å². The summed E-state index contributed by atoms with van der Waals surface area (Å²) in [7, 11) is 3.43. The van der Waals surface area contributed by atoms with Crippen molar-refractivity contribution in [3.05, 3.63) is 65.0 Å². The monoisotopic (exact) mass is 284 g/mol. The Kier molecular flexibility index (Phi) is 3.53. The van der Waals surface area contributed by atoms with Gasteiger partial charge in [-0.3, -0.25) is 0 Å². The first-order chi connectivity index (χ1) is 9.31. The maximum atomic E-state index is 4.57. The van der Waals surface area contributed by atoms with Gasteiger partial charge in [-0.2, -0.15) is 0 Å². The van der Waals surface area contributed by atoms with Gasteiger partial charge >= 0.3 is 0 Å². The highest BCUT2D eigenvalue weighted by Gasteiger charge is 2.00. The van der Waals surface area contributed by atoms with Crippen LogP contribution in [0.15, 0.2) is 59.6 Å². The Labute approximate surface area is 119 Å². The van der Waals surface area contributed by atoms with Gasteiger partial charge in [0.2, 0.25) is 0 Å². The molecule has 0 unspecified atom stereocenters. The second kappa shape index (κ2) is 5.47. The Hall–Kier alpha value is -1.78. The molecule has 0 amide bonds. The molecule has 94 valence electrons. The number of hydrogen-bond donors (Lipinski definition) is 0. The highest BCUT2D eigenvalue weighted by molar-refractivity contribution is 7.69. The zero-order valence-corrected chi connectivity index (χ0v) is 12.0. The molecule has 0 aliphatic heterocycles. The van der Waals surface area contributed by atoms with Crippen LogP contribution >= 0.6 is 20.7 Å². The second-order valence-corrected chi connectivity index (χ2v) is 6.32. The van der Waals surface area contributed by atoms with Gasteiger partial charge in [-0.25, -0.2) is 9.98 Å². The molecule has 3 rings (SSSR count). The van der Waals surface area contributed by atoms with E-state index in [0.29, 0.717) is 0 Å². The molecule has 0 bridgehead atoms. The van der Waals surface area contributed by atoms with Gasteiger partial charge in [-0.15, -0.1) is 0 Å². The largest absolute Gasteiger partial charge is 0.234 e. The molecular weight excluding hydrogens is 272 g/mol. The van der Waals surface area contributed by atoms with E-state index < -0.39 is 0 Å². The lowest BCUT2D eigenvalue weighted by atomic mass is 10.2. The van der Waals surface area contributed by atoms with E-state index in [1.165, 1.54) is 10.4 Å². The van der Waals surface area contributed by atoms with E-state index in [0.717, 1.165) is 16.2 Å². The molecule has 0 atom stereocenters. The molecule has 0 saturated heterocycles. The summed E-state index contributed by atoms with van der Waals surface area (Å²) in [5.74, 6) is 0.772. The van der Waals surface area contributed by atoms with Crippen LogP contribution in [-0.2, 0) is 0 Å². The standard InChI is InChI=1S/C15H12N2S2/c1-11-6-5-9-14(16-11)17-15-10-13(18-19-15)12-7-3-2-4-8-12/h2-10H,1H3. The average Bonchev–Trinajstić information content (AvgIpc) is 2.88. The summed E-state index contributed by atoms with van der Waals surface area (Å²) in [6, 6.07) is 18.4. The topological polar surface area (TPSA) is 25.2 Å². The fourth-order valence-electron chi connectivity index (χ4n) is 1.74. The number of nitrogens with zero attached hydrogens (tertiary/aromatic N) is 2. The molecule has 3 aromatic rings. The van der Waals surface area contributed by atoms with Crippen molar-refractivity contribution >= 4 is 26.5 Å². The van der Waals surface area contributed by atoms with Crippen molar-refractivity contribution < 1.29 is 0 Å². The second-order valence-electron chi connectivity index (χ2n) is 4.13. The zero-order chi connectivity index (χ0) is 13.1. The maximum Gasteiger partial charge on any atom is 0.153 e. The normalized spacial score (nSPS) is 11.7. The van der Waals surface area contributed by atoms with Crippen molar-refractivity contribution in [1.82, 2.24) is 4.98 Å². The van der Waals surface area contributed by atoms with Gasteiger partial charge < -0.3 is 0 Å². The van der Waals surface area contributed by atoms with Crippen LogP contribution in [0.3, 0.4) is 0 Å². The number of hydrogen-bond acceptors (Lipinski definition) is 4. The van der Waals surface area contributed by atoms with Crippen molar-refractivity contribution in [1.29, 1.82) is 0 Å². The third-order valence-corrected chi connectivity index (χ3v) is 4.93. The number of rotatable bonds is 2. The first kappa shape index (κ1) is 12.3. The van der Waals surface area contributed by atoms with Crippen LogP contribution in [0.1, 0.15) is 5.69 Å². The fraction of sp³-hybridized carbons (Fsp3) is 0.0667. The lowest BCUT2D eigenvalue weighted by molar-refractivity contribution is 1.16. The van der Waals surface area contributed by atoms with Crippen molar-refractivity contribution in [2.24, 2.45) is 4.99 Å². The summed E-state index contributed by atoms with van der Waals surface area (Å²) in [4.78, 5) is 10.2. The summed E-state index contributed by atoms with van der Waals surface area (Å²) >= 11 is 0. The predicted molar refractivity (Wildman–Crippen MR) is 81.8 cm³/mol. The number of aromatic nitrogens is 1. The maximum absolute atomic E-state index is 4.57. The van der Waals surface area contributed by atoms with Gasteiger partial charge in [0.15, 0.2) is 5.82 Å². The van der Waals surface area contributed by atoms with Crippen LogP contribution in [0, 0.1) is 6.92 Å². The molecule has 2 aromatic heterocycles. The van der Waals surface area contributed by atoms with Gasteiger partial charge in [-0.1, -0.05) is 57.1 Å². The molecule has 0 radical (unpaired) electrons. The highest BCUT2D eigenvalue weighted by Crippen LogP contribution is 2.25. The Morgan fingerprint density at radius 1 is 0.947 bits per heavy atom. The molecule has 0 aliphatic carbocycles. The summed E-state index contributed by atoms with van der Waals surface area (Å²) in [6.45, 7) is 1.98. The zero-order valence-electron chi connectivity index (χ0n) is 10.4. The summed E-state index contributed by atoms with van der Waals surface area (Å²) in [6.07, 6.45) is 0. The fourth-order valence-corrected chi connectivity index (χ4v) is 3.89. The van der Waals surface area contributed by atoms with Gasteiger partial charge in [0, 0.05) is 10.6 Å². The third kappa shape index (κ3) is 2.97. The Morgan fingerprint density at radius 3 is 2.58 bits per heavy atom. The van der Waals surface area contributed by atoms with Crippen LogP contribution < -0.4 is 4.67 Å². The summed E-state index contributed by atoms with van der Waals surface area (Å²) in [5.41, 5.74) is 2.23. The number of pyridine rings is 1. The Morgan fingerprint density at radius 2 is 1.79 bits per heavy atom. The first-order valence-electron chi connectivity index (χ1n) is 5.95. The number of aryl methyl sites for hydroxylation is 1. The van der Waals surface area contributed by atoms with Crippen molar-refractivity contribution in [3.8, 4) is 10.4 Å². The molecule has 19 heavy (non-hydrogen) atoms. The van der Waals surface area contributed by atoms with Crippen LogP contribution in [0.25, 0.3) is 10.4 Å².